The first kappa shape index (κ1) is 13.1. The summed E-state index contributed by atoms with van der Waals surface area (Å²) in [5.41, 5.74) is 8.90. The molecule has 0 atom stereocenters. The summed E-state index contributed by atoms with van der Waals surface area (Å²) in [5.74, 6) is 0.0764. The number of rotatable bonds is 3. The van der Waals surface area contributed by atoms with Crippen LogP contribution in [-0.4, -0.2) is 23.2 Å². The second kappa shape index (κ2) is 5.14. The van der Waals surface area contributed by atoms with Crippen LogP contribution in [-0.2, 0) is 6.42 Å². The Morgan fingerprint density at radius 3 is 2.47 bits per heavy atom. The molecule has 0 aliphatic carbocycles. The first-order valence-electron chi connectivity index (χ1n) is 6.22. The number of H-pyrrole nitrogens is 1. The molecule has 0 spiro atoms. The summed E-state index contributed by atoms with van der Waals surface area (Å²) in [4.78, 5) is 14.0. The number of nitrogens with zero attached hydrogens (tertiary/aromatic N) is 2. The minimum atomic E-state index is -0.159. The first-order valence-corrected chi connectivity index (χ1v) is 6.22. The van der Waals surface area contributed by atoms with Gasteiger partial charge in [0.15, 0.2) is 5.82 Å². The molecule has 0 unspecified atom stereocenters. The van der Waals surface area contributed by atoms with Crippen molar-refractivity contribution in [2.45, 2.75) is 20.3 Å². The minimum absolute atomic E-state index is 0.159. The summed E-state index contributed by atoms with van der Waals surface area (Å²) in [6.07, 6.45) is 0.978. The molecule has 0 saturated carbocycles. The lowest BCUT2D eigenvalue weighted by atomic mass is 10.1. The third kappa shape index (κ3) is 2.45. The summed E-state index contributed by atoms with van der Waals surface area (Å²) in [6, 6.07) is 7.90. The summed E-state index contributed by atoms with van der Waals surface area (Å²) in [7, 11) is 1.73. The molecule has 1 heterocycles. The van der Waals surface area contributed by atoms with Crippen molar-refractivity contribution >= 4 is 17.4 Å². The quantitative estimate of drug-likeness (QED) is 0.885. The number of aryl methyl sites for hydroxylation is 2. The Morgan fingerprint density at radius 2 is 2.00 bits per heavy atom. The van der Waals surface area contributed by atoms with E-state index in [-0.39, 0.29) is 11.7 Å². The highest BCUT2D eigenvalue weighted by Gasteiger charge is 2.20. The molecule has 2 aromatic rings. The zero-order valence-corrected chi connectivity index (χ0v) is 11.4. The van der Waals surface area contributed by atoms with Crippen molar-refractivity contribution in [1.82, 2.24) is 10.2 Å². The highest BCUT2D eigenvalue weighted by Crippen LogP contribution is 2.20. The Labute approximate surface area is 112 Å². The van der Waals surface area contributed by atoms with E-state index in [2.05, 4.69) is 17.1 Å². The smallest absolute Gasteiger partial charge is 0.263 e. The molecule has 0 aliphatic rings. The van der Waals surface area contributed by atoms with Crippen molar-refractivity contribution in [3.05, 3.63) is 41.1 Å². The molecule has 0 bridgehead atoms. The number of amides is 1. The molecular weight excluding hydrogens is 240 g/mol. The number of hydrogen-bond acceptors (Lipinski definition) is 3. The number of aromatic amines is 1. The molecule has 0 saturated heterocycles. The largest absolute Gasteiger partial charge is 0.382 e. The molecule has 5 heteroatoms. The van der Waals surface area contributed by atoms with Crippen LogP contribution >= 0.6 is 0 Å². The minimum Gasteiger partial charge on any atom is -0.382 e. The van der Waals surface area contributed by atoms with Crippen LogP contribution in [0.1, 0.15) is 28.5 Å². The van der Waals surface area contributed by atoms with Crippen LogP contribution in [0, 0.1) is 6.92 Å². The predicted octanol–water partition coefficient (Wildman–Crippen LogP) is 2.14. The average Bonchev–Trinajstić information content (AvgIpc) is 2.77. The number of carbonyl (C=O) groups is 1. The van der Waals surface area contributed by atoms with Crippen LogP contribution in [0.25, 0.3) is 0 Å². The van der Waals surface area contributed by atoms with E-state index in [1.54, 1.807) is 18.9 Å². The summed E-state index contributed by atoms with van der Waals surface area (Å²) in [6.45, 7) is 3.88. The molecule has 0 radical (unpaired) electrons. The van der Waals surface area contributed by atoms with E-state index in [0.717, 1.165) is 12.1 Å². The fraction of sp³-hybridized carbons (Fsp3) is 0.286. The molecule has 5 nitrogen and oxygen atoms in total. The zero-order valence-electron chi connectivity index (χ0n) is 11.4. The number of carbonyl (C=O) groups excluding carboxylic acids is 1. The predicted molar refractivity (Wildman–Crippen MR) is 76.3 cm³/mol. The van der Waals surface area contributed by atoms with Crippen LogP contribution in [0.3, 0.4) is 0 Å². The van der Waals surface area contributed by atoms with Crippen molar-refractivity contribution in [3.63, 3.8) is 0 Å². The van der Waals surface area contributed by atoms with Gasteiger partial charge in [-0.2, -0.15) is 5.10 Å². The van der Waals surface area contributed by atoms with Crippen LogP contribution in [0.15, 0.2) is 24.3 Å². The third-order valence-electron chi connectivity index (χ3n) is 3.23. The number of nitrogens with one attached hydrogen (secondary N) is 1. The maximum Gasteiger partial charge on any atom is 0.263 e. The van der Waals surface area contributed by atoms with Gasteiger partial charge in [0.1, 0.15) is 5.56 Å². The molecule has 1 aromatic carbocycles. The molecule has 0 fully saturated rings. The molecule has 1 aromatic heterocycles. The molecular formula is C14H18N4O. The third-order valence-corrected chi connectivity index (χ3v) is 3.23. The Hall–Kier alpha value is -2.30. The topological polar surface area (TPSA) is 75.0 Å². The van der Waals surface area contributed by atoms with Gasteiger partial charge in [-0.15, -0.1) is 0 Å². The van der Waals surface area contributed by atoms with Crippen LogP contribution in [0.4, 0.5) is 11.5 Å². The van der Waals surface area contributed by atoms with Crippen molar-refractivity contribution in [3.8, 4) is 0 Å². The monoisotopic (exact) mass is 258 g/mol. The van der Waals surface area contributed by atoms with Crippen LogP contribution in [0.5, 0.6) is 0 Å². The number of hydrogen-bond donors (Lipinski definition) is 2. The highest BCUT2D eigenvalue weighted by molar-refractivity contribution is 6.09. The van der Waals surface area contributed by atoms with Crippen LogP contribution < -0.4 is 10.6 Å². The molecule has 0 aliphatic heterocycles. The number of anilines is 2. The second-order valence-electron chi connectivity index (χ2n) is 4.49. The maximum atomic E-state index is 12.4. The van der Waals surface area contributed by atoms with Gasteiger partial charge < -0.3 is 10.6 Å². The number of nitrogens with two attached hydrogens (primary N) is 1. The average molecular weight is 258 g/mol. The van der Waals surface area contributed by atoms with E-state index >= 15 is 0 Å². The van der Waals surface area contributed by atoms with Gasteiger partial charge in [0.25, 0.3) is 5.91 Å². The lowest BCUT2D eigenvalue weighted by Crippen LogP contribution is -2.27. The van der Waals surface area contributed by atoms with Gasteiger partial charge in [0.2, 0.25) is 0 Å². The standard InChI is InChI=1S/C14H18N4O/c1-4-10-5-7-11(8-6-10)18(3)14(19)12-9(2)16-17-13(12)15/h5-8H,4H2,1-3H3,(H3,15,16,17). The van der Waals surface area contributed by atoms with E-state index in [4.69, 9.17) is 5.73 Å². The SMILES string of the molecule is CCc1ccc(N(C)C(=O)c2c(N)n[nH]c2C)cc1. The van der Waals surface area contributed by atoms with Gasteiger partial charge in [-0.25, -0.2) is 0 Å². The second-order valence-corrected chi connectivity index (χ2v) is 4.49. The number of nitrogen functional groups attached to an aromatic ring is 1. The molecule has 3 N–H and O–H groups in total. The number of benzene rings is 1. The van der Waals surface area contributed by atoms with Gasteiger partial charge >= 0.3 is 0 Å². The van der Waals surface area contributed by atoms with Gasteiger partial charge in [0.05, 0.1) is 0 Å². The Kier molecular flexibility index (Phi) is 3.55. The zero-order chi connectivity index (χ0) is 14.0. The molecule has 100 valence electrons. The lowest BCUT2D eigenvalue weighted by Gasteiger charge is -2.17. The van der Waals surface area contributed by atoms with Gasteiger partial charge in [0, 0.05) is 18.4 Å². The molecule has 1 amide bonds. The van der Waals surface area contributed by atoms with Crippen LogP contribution in [0.2, 0.25) is 0 Å². The summed E-state index contributed by atoms with van der Waals surface area (Å²) < 4.78 is 0. The fourth-order valence-corrected chi connectivity index (χ4v) is 1.96. The van der Waals surface area contributed by atoms with Crippen molar-refractivity contribution in [2.24, 2.45) is 0 Å². The van der Waals surface area contributed by atoms with E-state index in [1.165, 1.54) is 5.56 Å². The fourth-order valence-electron chi connectivity index (χ4n) is 1.96. The Balaban J connectivity index is 2.28. The molecule has 19 heavy (non-hydrogen) atoms. The van der Waals surface area contributed by atoms with Crippen molar-refractivity contribution in [2.75, 3.05) is 17.7 Å². The highest BCUT2D eigenvalue weighted by atomic mass is 16.2. The Morgan fingerprint density at radius 1 is 1.37 bits per heavy atom. The van der Waals surface area contributed by atoms with E-state index < -0.39 is 0 Å². The van der Waals surface area contributed by atoms with Gasteiger partial charge in [-0.1, -0.05) is 19.1 Å². The van der Waals surface area contributed by atoms with E-state index in [9.17, 15) is 4.79 Å². The maximum absolute atomic E-state index is 12.4. The van der Waals surface area contributed by atoms with E-state index in [0.29, 0.717) is 11.3 Å². The Bertz CT molecular complexity index is 566. The summed E-state index contributed by atoms with van der Waals surface area (Å²) in [5, 5.41) is 6.57. The van der Waals surface area contributed by atoms with Gasteiger partial charge in [-0.3, -0.25) is 9.89 Å². The number of aromatic nitrogens is 2. The summed E-state index contributed by atoms with van der Waals surface area (Å²) >= 11 is 0. The van der Waals surface area contributed by atoms with E-state index in [1.807, 2.05) is 24.3 Å². The normalized spacial score (nSPS) is 10.5. The lowest BCUT2D eigenvalue weighted by molar-refractivity contribution is 0.0993. The first-order chi connectivity index (χ1) is 9.04. The van der Waals surface area contributed by atoms with Gasteiger partial charge in [-0.05, 0) is 31.0 Å². The van der Waals surface area contributed by atoms with Crippen molar-refractivity contribution < 1.29 is 4.79 Å². The van der Waals surface area contributed by atoms with Crippen molar-refractivity contribution in [1.29, 1.82) is 0 Å². The molecule has 2 rings (SSSR count).